The second kappa shape index (κ2) is 10.0. The van der Waals surface area contributed by atoms with Gasteiger partial charge in [0.1, 0.15) is 0 Å². The van der Waals surface area contributed by atoms with E-state index in [4.69, 9.17) is 14.2 Å². The number of rotatable bonds is 9. The summed E-state index contributed by atoms with van der Waals surface area (Å²) < 4.78 is 16.9. The zero-order chi connectivity index (χ0) is 20.7. The minimum atomic E-state index is -0.691. The van der Waals surface area contributed by atoms with Gasteiger partial charge in [0.2, 0.25) is 0 Å². The fourth-order valence-corrected chi connectivity index (χ4v) is 3.10. The minimum absolute atomic E-state index is 0.276. The highest BCUT2D eigenvalue weighted by Gasteiger charge is 2.36. The van der Waals surface area contributed by atoms with E-state index < -0.39 is 12.0 Å². The van der Waals surface area contributed by atoms with Crippen LogP contribution in [0.25, 0.3) is 0 Å². The van der Waals surface area contributed by atoms with E-state index in [1.54, 1.807) is 27.0 Å². The third-order valence-corrected chi connectivity index (χ3v) is 4.21. The maximum absolute atomic E-state index is 12.9. The largest absolute Gasteiger partial charge is 0.493 e. The van der Waals surface area contributed by atoms with Crippen molar-refractivity contribution in [2.45, 2.75) is 59.1 Å². The van der Waals surface area contributed by atoms with Crippen LogP contribution >= 0.6 is 0 Å². The molecule has 1 heterocycles. The van der Waals surface area contributed by atoms with Crippen LogP contribution in [0.15, 0.2) is 29.5 Å². The van der Waals surface area contributed by atoms with Crippen LogP contribution < -0.4 is 20.1 Å². The predicted molar refractivity (Wildman–Crippen MR) is 106 cm³/mol. The summed E-state index contributed by atoms with van der Waals surface area (Å²) in [6, 6.07) is 4.38. The molecule has 0 aromatic heterocycles. The van der Waals surface area contributed by atoms with Gasteiger partial charge < -0.3 is 24.8 Å². The molecule has 0 saturated heterocycles. The maximum atomic E-state index is 12.9. The van der Waals surface area contributed by atoms with Gasteiger partial charge in [0.15, 0.2) is 11.5 Å². The number of carbonyl (C=O) groups is 2. The van der Waals surface area contributed by atoms with E-state index in [0.29, 0.717) is 41.4 Å². The van der Waals surface area contributed by atoms with Crippen molar-refractivity contribution in [3.05, 3.63) is 35.0 Å². The molecule has 1 unspecified atom stereocenters. The highest BCUT2D eigenvalue weighted by atomic mass is 16.5. The molecule has 7 nitrogen and oxygen atoms in total. The van der Waals surface area contributed by atoms with Crippen LogP contribution in [0.1, 0.15) is 58.6 Å². The van der Waals surface area contributed by atoms with Gasteiger partial charge in [-0.3, -0.25) is 0 Å². The second-order valence-electron chi connectivity index (χ2n) is 6.85. The Morgan fingerprint density at radius 2 is 1.96 bits per heavy atom. The molecule has 0 saturated carbocycles. The number of nitrogens with one attached hydrogen (secondary N) is 2. The number of amides is 2. The Kier molecular flexibility index (Phi) is 7.72. The Morgan fingerprint density at radius 3 is 2.57 bits per heavy atom. The molecule has 1 aromatic carbocycles. The van der Waals surface area contributed by atoms with Crippen molar-refractivity contribution in [1.29, 1.82) is 0 Å². The van der Waals surface area contributed by atoms with Gasteiger partial charge in [-0.15, -0.1) is 0 Å². The summed E-state index contributed by atoms with van der Waals surface area (Å²) in [5, 5.41) is 5.62. The molecule has 0 aliphatic carbocycles. The smallest absolute Gasteiger partial charge is 0.338 e. The average molecular weight is 390 g/mol. The van der Waals surface area contributed by atoms with Crippen molar-refractivity contribution in [2.75, 3.05) is 13.7 Å². The third kappa shape index (κ3) is 4.97. The molecular formula is C21H30N2O5. The van der Waals surface area contributed by atoms with Crippen LogP contribution in [0.2, 0.25) is 0 Å². The van der Waals surface area contributed by atoms with Crippen LogP contribution in [-0.4, -0.2) is 31.8 Å². The van der Waals surface area contributed by atoms with Crippen LogP contribution in [0.5, 0.6) is 11.5 Å². The van der Waals surface area contributed by atoms with E-state index in [1.165, 1.54) is 0 Å². The first-order chi connectivity index (χ1) is 13.4. The lowest BCUT2D eigenvalue weighted by Crippen LogP contribution is -2.46. The molecule has 7 heteroatoms. The van der Waals surface area contributed by atoms with E-state index >= 15 is 0 Å². The topological polar surface area (TPSA) is 85.9 Å². The lowest BCUT2D eigenvalue weighted by molar-refractivity contribution is -0.143. The van der Waals surface area contributed by atoms with Gasteiger partial charge in [-0.1, -0.05) is 32.4 Å². The zero-order valence-corrected chi connectivity index (χ0v) is 17.3. The molecule has 2 amide bonds. The minimum Gasteiger partial charge on any atom is -0.493 e. The predicted octanol–water partition coefficient (Wildman–Crippen LogP) is 3.84. The Bertz CT molecular complexity index is 742. The number of urea groups is 1. The summed E-state index contributed by atoms with van der Waals surface area (Å²) in [6.45, 7) is 8.07. The van der Waals surface area contributed by atoms with Crippen molar-refractivity contribution in [1.82, 2.24) is 10.6 Å². The second-order valence-corrected chi connectivity index (χ2v) is 6.85. The summed E-state index contributed by atoms with van der Waals surface area (Å²) >= 11 is 0. The highest BCUT2D eigenvalue weighted by Crippen LogP contribution is 2.40. The normalized spacial score (nSPS) is 16.5. The number of hydrogen-bond donors (Lipinski definition) is 2. The number of carbonyl (C=O) groups excluding carboxylic acids is 2. The summed E-state index contributed by atoms with van der Waals surface area (Å²) in [7, 11) is 1.56. The summed E-state index contributed by atoms with van der Waals surface area (Å²) in [5.74, 6) is 0.609. The van der Waals surface area contributed by atoms with Crippen LogP contribution in [-0.2, 0) is 9.53 Å². The van der Waals surface area contributed by atoms with Gasteiger partial charge in [-0.05, 0) is 32.8 Å². The molecule has 28 heavy (non-hydrogen) atoms. The fourth-order valence-electron chi connectivity index (χ4n) is 3.10. The van der Waals surface area contributed by atoms with E-state index in [1.807, 2.05) is 26.0 Å². The number of esters is 1. The molecule has 2 N–H and O–H groups in total. The number of hydrogen-bond acceptors (Lipinski definition) is 5. The molecule has 0 radical (unpaired) electrons. The van der Waals surface area contributed by atoms with Gasteiger partial charge in [-0.2, -0.15) is 0 Å². The molecule has 1 aliphatic heterocycles. The fraction of sp³-hybridized carbons (Fsp3) is 0.524. The van der Waals surface area contributed by atoms with E-state index in [-0.39, 0.29) is 12.1 Å². The first-order valence-electron chi connectivity index (χ1n) is 9.74. The van der Waals surface area contributed by atoms with E-state index in [2.05, 4.69) is 10.6 Å². The van der Waals surface area contributed by atoms with Crippen LogP contribution in [0, 0.1) is 0 Å². The molecule has 2 rings (SSSR count). The molecule has 0 spiro atoms. The number of para-hydroxylation sites is 1. The van der Waals surface area contributed by atoms with Crippen molar-refractivity contribution < 1.29 is 23.8 Å². The first-order valence-corrected chi connectivity index (χ1v) is 9.74. The van der Waals surface area contributed by atoms with Crippen molar-refractivity contribution >= 4 is 12.0 Å². The molecule has 1 aromatic rings. The SMILES string of the molecule is CCCOc1c(OC)cccc1C1NC(=O)NC(CCC)=C1C(=O)OC(C)C. The highest BCUT2D eigenvalue weighted by molar-refractivity contribution is 5.95. The average Bonchev–Trinajstić information content (AvgIpc) is 2.65. The number of ether oxygens (including phenoxy) is 3. The monoisotopic (exact) mass is 390 g/mol. The van der Waals surface area contributed by atoms with Gasteiger partial charge in [-0.25, -0.2) is 9.59 Å². The van der Waals surface area contributed by atoms with Crippen molar-refractivity contribution in [3.63, 3.8) is 0 Å². The molecule has 154 valence electrons. The molecule has 1 aliphatic rings. The number of benzene rings is 1. The van der Waals surface area contributed by atoms with E-state index in [9.17, 15) is 9.59 Å². The van der Waals surface area contributed by atoms with Crippen LogP contribution in [0.3, 0.4) is 0 Å². The summed E-state index contributed by atoms with van der Waals surface area (Å²) in [5.41, 5.74) is 1.63. The molecule has 1 atom stereocenters. The number of allylic oxidation sites excluding steroid dienone is 1. The number of methoxy groups -OCH3 is 1. The molecular weight excluding hydrogens is 360 g/mol. The van der Waals surface area contributed by atoms with Gasteiger partial charge in [0, 0.05) is 11.3 Å². The Balaban J connectivity index is 2.61. The van der Waals surface area contributed by atoms with Gasteiger partial charge in [0.25, 0.3) is 0 Å². The first kappa shape index (κ1) is 21.6. The molecule has 0 fully saturated rings. The Morgan fingerprint density at radius 1 is 1.21 bits per heavy atom. The van der Waals surface area contributed by atoms with Crippen molar-refractivity contribution in [2.24, 2.45) is 0 Å². The van der Waals surface area contributed by atoms with Gasteiger partial charge >= 0.3 is 12.0 Å². The Hall–Kier alpha value is -2.70. The van der Waals surface area contributed by atoms with Crippen LogP contribution in [0.4, 0.5) is 4.79 Å². The summed E-state index contributed by atoms with van der Waals surface area (Å²) in [4.78, 5) is 25.2. The quantitative estimate of drug-likeness (QED) is 0.626. The van der Waals surface area contributed by atoms with Crippen molar-refractivity contribution in [3.8, 4) is 11.5 Å². The van der Waals surface area contributed by atoms with Gasteiger partial charge in [0.05, 0.1) is 31.4 Å². The summed E-state index contributed by atoms with van der Waals surface area (Å²) in [6.07, 6.45) is 1.87. The lowest BCUT2D eigenvalue weighted by atomic mass is 9.93. The maximum Gasteiger partial charge on any atom is 0.338 e. The van der Waals surface area contributed by atoms with E-state index in [0.717, 1.165) is 12.8 Å². The zero-order valence-electron chi connectivity index (χ0n) is 17.3. The molecule has 0 bridgehead atoms. The third-order valence-electron chi connectivity index (χ3n) is 4.21. The standard InChI is InChI=1S/C21H30N2O5/c1-6-9-15-17(20(24)28-13(3)4)18(23-21(25)22-15)14-10-8-11-16(26-5)19(14)27-12-7-2/h8,10-11,13,18H,6-7,9,12H2,1-5H3,(H2,22,23,25). The Labute approximate surface area is 166 Å². The lowest BCUT2D eigenvalue weighted by Gasteiger charge is -2.31.